The number of carbonyl (C=O) groups excluding carboxylic acids is 2. The number of ketones is 1. The van der Waals surface area contributed by atoms with E-state index in [1.807, 2.05) is 0 Å². The normalized spacial score (nSPS) is 19.2. The second kappa shape index (κ2) is 6.23. The second-order valence-electron chi connectivity index (χ2n) is 5.66. The highest BCUT2D eigenvalue weighted by Gasteiger charge is 2.50. The number of hydrogen-bond acceptors (Lipinski definition) is 3. The topological polar surface area (TPSA) is 57.6 Å². The molecule has 1 aliphatic heterocycles. The van der Waals surface area contributed by atoms with E-state index >= 15 is 0 Å². The minimum Gasteiger partial charge on any atom is -0.375 e. The zero-order chi connectivity index (χ0) is 17.3. The largest absolute Gasteiger partial charge is 0.375 e. The molecule has 1 aliphatic rings. The third kappa shape index (κ3) is 2.54. The first-order valence-corrected chi connectivity index (χ1v) is 7.89. The lowest BCUT2D eigenvalue weighted by Crippen LogP contribution is -2.41. The van der Waals surface area contributed by atoms with Crippen molar-refractivity contribution >= 4 is 29.0 Å². The lowest BCUT2D eigenvalue weighted by atomic mass is 9.88. The van der Waals surface area contributed by atoms with Crippen molar-refractivity contribution in [2.24, 2.45) is 0 Å². The fourth-order valence-corrected chi connectivity index (χ4v) is 3.24. The maximum absolute atomic E-state index is 12.8. The summed E-state index contributed by atoms with van der Waals surface area (Å²) in [5.74, 6) is -0.907. The van der Waals surface area contributed by atoms with Gasteiger partial charge in [-0.2, -0.15) is 0 Å². The third-order valence-electron chi connectivity index (χ3n) is 4.14. The number of hydrogen-bond donors (Lipinski definition) is 1. The monoisotopic (exact) mass is 341 g/mol. The van der Waals surface area contributed by atoms with E-state index in [0.29, 0.717) is 21.8 Å². The zero-order valence-electron chi connectivity index (χ0n) is 12.9. The molecular weight excluding hydrogens is 326 g/mol. The first-order chi connectivity index (χ1) is 11.5. The number of nitrogens with zero attached hydrogens (tertiary/aromatic N) is 1. The lowest BCUT2D eigenvalue weighted by Gasteiger charge is -2.22. The van der Waals surface area contributed by atoms with E-state index in [9.17, 15) is 14.7 Å². The van der Waals surface area contributed by atoms with Crippen molar-refractivity contribution in [1.82, 2.24) is 0 Å². The summed E-state index contributed by atoms with van der Waals surface area (Å²) in [6.07, 6.45) is 1.22. The van der Waals surface area contributed by atoms with E-state index in [0.717, 1.165) is 0 Å². The molecule has 4 nitrogen and oxygen atoms in total. The van der Waals surface area contributed by atoms with E-state index in [-0.39, 0.29) is 18.7 Å². The van der Waals surface area contributed by atoms with Crippen LogP contribution in [0.2, 0.25) is 5.02 Å². The maximum Gasteiger partial charge on any atom is 0.264 e. The average Bonchev–Trinajstić information content (AvgIpc) is 2.78. The van der Waals surface area contributed by atoms with Crippen molar-refractivity contribution in [3.8, 4) is 0 Å². The number of anilines is 1. The van der Waals surface area contributed by atoms with Gasteiger partial charge in [0.15, 0.2) is 11.4 Å². The Hall–Kier alpha value is -2.43. The highest BCUT2D eigenvalue weighted by molar-refractivity contribution is 6.34. The van der Waals surface area contributed by atoms with Crippen molar-refractivity contribution in [3.05, 3.63) is 77.3 Å². The molecule has 0 radical (unpaired) electrons. The Labute approximate surface area is 145 Å². The minimum absolute atomic E-state index is 0.262. The second-order valence-corrected chi connectivity index (χ2v) is 6.07. The molecular formula is C19H16ClNO3. The quantitative estimate of drug-likeness (QED) is 0.670. The zero-order valence-corrected chi connectivity index (χ0v) is 13.7. The van der Waals surface area contributed by atoms with E-state index in [4.69, 9.17) is 11.6 Å². The van der Waals surface area contributed by atoms with Crippen LogP contribution in [0.5, 0.6) is 0 Å². The summed E-state index contributed by atoms with van der Waals surface area (Å²) in [5, 5.41) is 11.3. The predicted octanol–water partition coefficient (Wildman–Crippen LogP) is 3.33. The molecule has 2 aromatic carbocycles. The average molecular weight is 342 g/mol. The third-order valence-corrected chi connectivity index (χ3v) is 4.47. The van der Waals surface area contributed by atoms with Crippen LogP contribution >= 0.6 is 11.6 Å². The molecule has 0 spiro atoms. The van der Waals surface area contributed by atoms with Crippen LogP contribution in [0, 0.1) is 0 Å². The molecule has 1 N–H and O–H groups in total. The molecule has 5 heteroatoms. The van der Waals surface area contributed by atoms with E-state index in [1.165, 1.54) is 4.90 Å². The molecule has 0 bridgehead atoms. The van der Waals surface area contributed by atoms with E-state index in [1.54, 1.807) is 54.6 Å². The van der Waals surface area contributed by atoms with Crippen LogP contribution in [0.25, 0.3) is 0 Å². The molecule has 0 unspecified atom stereocenters. The molecule has 1 heterocycles. The molecule has 24 heavy (non-hydrogen) atoms. The summed E-state index contributed by atoms with van der Waals surface area (Å²) in [7, 11) is 0. The first kappa shape index (κ1) is 16.4. The Morgan fingerprint density at radius 3 is 2.58 bits per heavy atom. The molecule has 0 saturated heterocycles. The Kier molecular flexibility index (Phi) is 4.26. The van der Waals surface area contributed by atoms with Gasteiger partial charge in [0.2, 0.25) is 0 Å². The van der Waals surface area contributed by atoms with Gasteiger partial charge in [0.25, 0.3) is 5.91 Å². The number of benzene rings is 2. The maximum atomic E-state index is 12.8. The number of rotatable bonds is 5. The number of fused-ring (bicyclic) bond motifs is 1. The van der Waals surface area contributed by atoms with Gasteiger partial charge in [-0.25, -0.2) is 0 Å². The van der Waals surface area contributed by atoms with Crippen LogP contribution in [0.3, 0.4) is 0 Å². The minimum atomic E-state index is -1.89. The number of aliphatic hydroxyl groups is 1. The van der Waals surface area contributed by atoms with Crippen LogP contribution in [0.4, 0.5) is 5.69 Å². The summed E-state index contributed by atoms with van der Waals surface area (Å²) >= 11 is 6.05. The molecule has 3 rings (SSSR count). The van der Waals surface area contributed by atoms with Gasteiger partial charge in [0.1, 0.15) is 0 Å². The van der Waals surface area contributed by atoms with Crippen LogP contribution in [0.15, 0.2) is 61.2 Å². The van der Waals surface area contributed by atoms with Crippen LogP contribution in [-0.2, 0) is 10.4 Å². The van der Waals surface area contributed by atoms with Gasteiger partial charge >= 0.3 is 0 Å². The number of Topliss-reactive ketones (excluding diaryl/α,β-unsaturated/α-hetero) is 1. The molecule has 0 aromatic heterocycles. The summed E-state index contributed by atoms with van der Waals surface area (Å²) in [6.45, 7) is 3.90. The standard InChI is InChI=1S/C19H16ClNO3/c1-2-11-21-16-10-6-4-8-14(16)19(24,18(21)23)12-17(22)13-7-3-5-9-15(13)20/h2-10,24H,1,11-12H2/t19-/m1/s1. The van der Waals surface area contributed by atoms with E-state index < -0.39 is 11.5 Å². The van der Waals surface area contributed by atoms with E-state index in [2.05, 4.69) is 6.58 Å². The highest BCUT2D eigenvalue weighted by atomic mass is 35.5. The summed E-state index contributed by atoms with van der Waals surface area (Å²) in [4.78, 5) is 26.8. The van der Waals surface area contributed by atoms with Gasteiger partial charge in [-0.1, -0.05) is 48.0 Å². The molecule has 1 amide bonds. The van der Waals surface area contributed by atoms with Gasteiger partial charge in [0, 0.05) is 17.7 Å². The molecule has 0 saturated carbocycles. The summed E-state index contributed by atoms with van der Waals surface area (Å²) < 4.78 is 0. The molecule has 1 atom stereocenters. The first-order valence-electron chi connectivity index (χ1n) is 7.51. The molecule has 122 valence electrons. The smallest absolute Gasteiger partial charge is 0.264 e. The van der Waals surface area contributed by atoms with Gasteiger partial charge in [0.05, 0.1) is 17.1 Å². The van der Waals surface area contributed by atoms with Crippen molar-refractivity contribution in [2.45, 2.75) is 12.0 Å². The summed E-state index contributed by atoms with van der Waals surface area (Å²) in [5.41, 5.74) is -0.579. The van der Waals surface area contributed by atoms with Crippen LogP contribution in [0.1, 0.15) is 22.3 Å². The van der Waals surface area contributed by atoms with Crippen molar-refractivity contribution in [1.29, 1.82) is 0 Å². The van der Waals surface area contributed by atoms with Gasteiger partial charge in [-0.15, -0.1) is 6.58 Å². The van der Waals surface area contributed by atoms with Crippen LogP contribution < -0.4 is 4.90 Å². The van der Waals surface area contributed by atoms with Crippen molar-refractivity contribution in [3.63, 3.8) is 0 Å². The Morgan fingerprint density at radius 1 is 1.21 bits per heavy atom. The highest BCUT2D eigenvalue weighted by Crippen LogP contribution is 2.42. The number of carbonyl (C=O) groups is 2. The fourth-order valence-electron chi connectivity index (χ4n) is 3.00. The Morgan fingerprint density at radius 2 is 1.88 bits per heavy atom. The Balaban J connectivity index is 2.00. The van der Waals surface area contributed by atoms with Crippen molar-refractivity contribution in [2.75, 3.05) is 11.4 Å². The van der Waals surface area contributed by atoms with Crippen LogP contribution in [-0.4, -0.2) is 23.3 Å². The SMILES string of the molecule is C=CCN1C(=O)[C@@](O)(CC(=O)c2ccccc2Cl)c2ccccc21. The molecule has 2 aromatic rings. The molecule has 0 aliphatic carbocycles. The Bertz CT molecular complexity index is 833. The van der Waals surface area contributed by atoms with Gasteiger partial charge in [-0.3, -0.25) is 9.59 Å². The lowest BCUT2D eigenvalue weighted by molar-refractivity contribution is -0.135. The summed E-state index contributed by atoms with van der Waals surface area (Å²) in [6, 6.07) is 13.5. The number of halogens is 1. The molecule has 0 fully saturated rings. The van der Waals surface area contributed by atoms with Crippen molar-refractivity contribution < 1.29 is 14.7 Å². The van der Waals surface area contributed by atoms with Gasteiger partial charge < -0.3 is 10.0 Å². The number of para-hydroxylation sites is 1. The fraction of sp³-hybridized carbons (Fsp3) is 0.158. The number of amides is 1. The van der Waals surface area contributed by atoms with Gasteiger partial charge in [-0.05, 0) is 18.2 Å². The predicted molar refractivity (Wildman–Crippen MR) is 93.3 cm³/mol.